The van der Waals surface area contributed by atoms with Crippen molar-refractivity contribution in [1.29, 1.82) is 0 Å². The molecule has 0 spiro atoms. The van der Waals surface area contributed by atoms with Gasteiger partial charge in [-0.1, -0.05) is 91.0 Å². The number of nitrogens with one attached hydrogen (secondary N) is 1. The summed E-state index contributed by atoms with van der Waals surface area (Å²) in [7, 11) is -3.97. The normalized spacial score (nSPS) is 20.4. The van der Waals surface area contributed by atoms with Gasteiger partial charge in [-0.05, 0) is 29.5 Å². The van der Waals surface area contributed by atoms with Crippen molar-refractivity contribution < 1.29 is 28.3 Å². The molecule has 3 aromatic rings. The fraction of sp³-hybridized carbons (Fsp3) is 0.345. The van der Waals surface area contributed by atoms with Gasteiger partial charge in [0.15, 0.2) is 5.85 Å². The number of amides is 1. The zero-order valence-electron chi connectivity index (χ0n) is 20.9. The topological polar surface area (TPSA) is 94.1 Å². The average Bonchev–Trinajstić information content (AvgIpc) is 3.32. The van der Waals surface area contributed by atoms with Gasteiger partial charge in [-0.15, -0.1) is 0 Å². The van der Waals surface area contributed by atoms with E-state index < -0.39 is 19.4 Å². The van der Waals surface area contributed by atoms with E-state index in [2.05, 4.69) is 5.32 Å². The summed E-state index contributed by atoms with van der Waals surface area (Å²) in [4.78, 5) is 11.9. The van der Waals surface area contributed by atoms with Crippen molar-refractivity contribution in [1.82, 2.24) is 5.32 Å². The van der Waals surface area contributed by atoms with Crippen molar-refractivity contribution in [2.45, 2.75) is 57.6 Å². The molecule has 1 aliphatic carbocycles. The Kier molecular flexibility index (Phi) is 9.67. The molecule has 0 aliphatic heterocycles. The number of hydrogen-bond donors (Lipinski definition) is 2. The second-order valence-electron chi connectivity index (χ2n) is 9.35. The molecule has 4 rings (SSSR count). The van der Waals surface area contributed by atoms with Gasteiger partial charge < -0.3 is 24.2 Å². The predicted molar refractivity (Wildman–Crippen MR) is 141 cm³/mol. The van der Waals surface area contributed by atoms with Crippen LogP contribution in [0.2, 0.25) is 0 Å². The lowest BCUT2D eigenvalue weighted by Crippen LogP contribution is -2.40. The zero-order valence-corrected chi connectivity index (χ0v) is 21.8. The third-order valence-corrected chi connectivity index (χ3v) is 8.54. The number of aliphatic hydroxyl groups is 1. The first kappa shape index (κ1) is 27.2. The Balaban J connectivity index is 1.48. The lowest BCUT2D eigenvalue weighted by atomic mass is 10.1. The number of hydrogen-bond acceptors (Lipinski definition) is 6. The molecule has 196 valence electrons. The minimum Gasteiger partial charge on any atom is -0.380 e. The van der Waals surface area contributed by atoms with Crippen molar-refractivity contribution in [2.75, 3.05) is 0 Å². The monoisotopic (exact) mass is 523 g/mol. The van der Waals surface area contributed by atoms with Gasteiger partial charge in [0.25, 0.3) is 0 Å². The molecule has 0 aromatic heterocycles. The molecule has 0 bridgehead atoms. The Morgan fingerprint density at radius 2 is 1.30 bits per heavy atom. The summed E-state index contributed by atoms with van der Waals surface area (Å²) >= 11 is 0. The molecule has 4 atom stereocenters. The number of carbonyl (C=O) groups is 1. The highest BCUT2D eigenvalue weighted by Crippen LogP contribution is 2.58. The van der Waals surface area contributed by atoms with Crippen LogP contribution in [0, 0.1) is 5.92 Å². The number of benzene rings is 3. The Morgan fingerprint density at radius 1 is 0.838 bits per heavy atom. The van der Waals surface area contributed by atoms with E-state index in [0.717, 1.165) is 16.7 Å². The highest BCUT2D eigenvalue weighted by Gasteiger charge is 2.47. The molecule has 2 N–H and O–H groups in total. The third kappa shape index (κ3) is 7.84. The van der Waals surface area contributed by atoms with Gasteiger partial charge >= 0.3 is 7.60 Å². The van der Waals surface area contributed by atoms with Gasteiger partial charge in [-0.2, -0.15) is 0 Å². The van der Waals surface area contributed by atoms with E-state index in [-0.39, 0.29) is 31.3 Å². The van der Waals surface area contributed by atoms with Gasteiger partial charge in [-0.25, -0.2) is 0 Å². The molecule has 1 amide bonds. The van der Waals surface area contributed by atoms with Crippen molar-refractivity contribution in [3.63, 3.8) is 0 Å². The number of aliphatic hydroxyl groups excluding tert-OH is 1. The van der Waals surface area contributed by atoms with E-state index in [1.807, 2.05) is 91.0 Å². The molecule has 0 heterocycles. The van der Waals surface area contributed by atoms with Crippen LogP contribution in [-0.4, -0.2) is 29.0 Å². The average molecular weight is 524 g/mol. The standard InChI is InChI=1S/C29H34NO6P/c1-22(31)30-27-17-26(18-28(27)34-19-23-11-5-2-6-12-23)29(32)37(33,35-20-24-13-7-3-8-14-24)36-21-25-15-9-4-10-16-25/h2-16,26-29,32H,17-21H2,1H3,(H,30,31)/t26?,27-,28-,29?/m1/s1. The second kappa shape index (κ2) is 13.1. The summed E-state index contributed by atoms with van der Waals surface area (Å²) in [6.07, 6.45) is 0.459. The maximum atomic E-state index is 14.0. The molecule has 0 saturated heterocycles. The minimum atomic E-state index is -3.97. The quantitative estimate of drug-likeness (QED) is 0.308. The summed E-state index contributed by atoms with van der Waals surface area (Å²) in [6, 6.07) is 28.2. The molecule has 3 aromatic carbocycles. The van der Waals surface area contributed by atoms with Crippen molar-refractivity contribution >= 4 is 13.5 Å². The predicted octanol–water partition coefficient (Wildman–Crippen LogP) is 5.43. The molecular formula is C29H34NO6P. The molecule has 7 nitrogen and oxygen atoms in total. The molecule has 1 saturated carbocycles. The summed E-state index contributed by atoms with van der Waals surface area (Å²) < 4.78 is 31.9. The lowest BCUT2D eigenvalue weighted by Gasteiger charge is -2.27. The van der Waals surface area contributed by atoms with E-state index in [1.165, 1.54) is 6.92 Å². The minimum absolute atomic E-state index is 0.0414. The summed E-state index contributed by atoms with van der Waals surface area (Å²) in [5, 5.41) is 14.3. The van der Waals surface area contributed by atoms with E-state index >= 15 is 0 Å². The zero-order chi connectivity index (χ0) is 26.1. The molecule has 8 heteroatoms. The van der Waals surface area contributed by atoms with Gasteiger partial charge in [0.1, 0.15) is 0 Å². The molecule has 1 fully saturated rings. The largest absolute Gasteiger partial charge is 0.380 e. The van der Waals surface area contributed by atoms with E-state index in [4.69, 9.17) is 13.8 Å². The van der Waals surface area contributed by atoms with Crippen LogP contribution in [0.25, 0.3) is 0 Å². The fourth-order valence-electron chi connectivity index (χ4n) is 4.58. The van der Waals surface area contributed by atoms with E-state index in [0.29, 0.717) is 19.4 Å². The summed E-state index contributed by atoms with van der Waals surface area (Å²) in [5.41, 5.74) is 2.66. The molecule has 37 heavy (non-hydrogen) atoms. The highest BCUT2D eigenvalue weighted by molar-refractivity contribution is 7.54. The van der Waals surface area contributed by atoms with Crippen LogP contribution >= 0.6 is 7.60 Å². The van der Waals surface area contributed by atoms with Crippen molar-refractivity contribution in [2.24, 2.45) is 5.92 Å². The van der Waals surface area contributed by atoms with Crippen LogP contribution in [0.5, 0.6) is 0 Å². The summed E-state index contributed by atoms with van der Waals surface area (Å²) in [6.45, 7) is 1.91. The maximum Gasteiger partial charge on any atom is 0.359 e. The number of rotatable bonds is 12. The van der Waals surface area contributed by atoms with Crippen LogP contribution in [-0.2, 0) is 43.0 Å². The summed E-state index contributed by atoms with van der Waals surface area (Å²) in [5.74, 6) is -2.01. The number of ether oxygens (including phenoxy) is 1. The second-order valence-corrected chi connectivity index (χ2v) is 11.5. The highest BCUT2D eigenvalue weighted by atomic mass is 31.2. The smallest absolute Gasteiger partial charge is 0.359 e. The van der Waals surface area contributed by atoms with Crippen LogP contribution in [0.15, 0.2) is 91.0 Å². The molecule has 0 radical (unpaired) electrons. The molecule has 2 unspecified atom stereocenters. The van der Waals surface area contributed by atoms with Crippen LogP contribution in [0.3, 0.4) is 0 Å². The Bertz CT molecular complexity index is 1110. The van der Waals surface area contributed by atoms with Crippen LogP contribution < -0.4 is 5.32 Å². The SMILES string of the molecule is CC(=O)N[C@@H]1CC(C(O)P(=O)(OCc2ccccc2)OCc2ccccc2)C[C@H]1OCc1ccccc1. The first-order chi connectivity index (χ1) is 17.9. The van der Waals surface area contributed by atoms with Gasteiger partial charge in [0, 0.05) is 12.8 Å². The van der Waals surface area contributed by atoms with Crippen molar-refractivity contribution in [3.05, 3.63) is 108 Å². The lowest BCUT2D eigenvalue weighted by molar-refractivity contribution is -0.120. The van der Waals surface area contributed by atoms with E-state index in [9.17, 15) is 14.5 Å². The van der Waals surface area contributed by atoms with Crippen molar-refractivity contribution in [3.8, 4) is 0 Å². The Labute approximate surface area is 218 Å². The first-order valence-electron chi connectivity index (χ1n) is 12.5. The third-order valence-electron chi connectivity index (χ3n) is 6.49. The van der Waals surface area contributed by atoms with Gasteiger partial charge in [-0.3, -0.25) is 9.36 Å². The maximum absolute atomic E-state index is 14.0. The molecule has 1 aliphatic rings. The Hall–Kier alpha value is -2.80. The van der Waals surface area contributed by atoms with Gasteiger partial charge in [0.05, 0.1) is 32.0 Å². The van der Waals surface area contributed by atoms with Crippen LogP contribution in [0.1, 0.15) is 36.5 Å². The van der Waals surface area contributed by atoms with Crippen LogP contribution in [0.4, 0.5) is 0 Å². The molecular weight excluding hydrogens is 489 g/mol. The fourth-order valence-corrected chi connectivity index (χ4v) is 6.38. The number of carbonyl (C=O) groups excluding carboxylic acids is 1. The van der Waals surface area contributed by atoms with E-state index in [1.54, 1.807) is 0 Å². The Morgan fingerprint density at radius 3 is 1.76 bits per heavy atom. The first-order valence-corrected chi connectivity index (χ1v) is 14.1. The van der Waals surface area contributed by atoms with Gasteiger partial charge in [0.2, 0.25) is 5.91 Å².